The molecule has 0 aliphatic heterocycles. The Morgan fingerprint density at radius 2 is 1.66 bits per heavy atom. The summed E-state index contributed by atoms with van der Waals surface area (Å²) in [6, 6.07) is 3.52. The van der Waals surface area contributed by atoms with E-state index in [1.54, 1.807) is 33.5 Å². The molecule has 0 atom stereocenters. The molecule has 0 amide bonds. The van der Waals surface area contributed by atoms with Crippen molar-refractivity contribution in [2.24, 2.45) is 5.41 Å². The smallest absolute Gasteiger partial charge is 0.331 e. The molecule has 0 heterocycles. The molecule has 2 rings (SSSR count). The maximum Gasteiger partial charge on any atom is 0.331 e. The van der Waals surface area contributed by atoms with E-state index in [1.165, 1.54) is 36.5 Å². The zero-order valence-electron chi connectivity index (χ0n) is 22.5. The Morgan fingerprint density at radius 3 is 2.23 bits per heavy atom. The van der Waals surface area contributed by atoms with Crippen LogP contribution in [0.5, 0.6) is 17.2 Å². The van der Waals surface area contributed by atoms with Crippen molar-refractivity contribution in [3.05, 3.63) is 76.4 Å². The van der Waals surface area contributed by atoms with E-state index in [1.807, 2.05) is 25.2 Å². The van der Waals surface area contributed by atoms with E-state index in [0.29, 0.717) is 17.2 Å². The Hall–Kier alpha value is -3.21. The van der Waals surface area contributed by atoms with Crippen LogP contribution in [-0.2, 0) is 16.1 Å². The zero-order chi connectivity index (χ0) is 26.0. The highest BCUT2D eigenvalue weighted by molar-refractivity contribution is 5.83. The SMILES string of the molecule is COc1cc(COC(=O)/C=C(C)/C=C/C=C(C)/C=C/C2=C(C)CCCC2(C)C)cc(OC)c1OC. The summed E-state index contributed by atoms with van der Waals surface area (Å²) in [7, 11) is 4.64. The Balaban J connectivity index is 1.97. The number of hydrogen-bond acceptors (Lipinski definition) is 5. The van der Waals surface area contributed by atoms with Gasteiger partial charge in [-0.2, -0.15) is 0 Å². The minimum atomic E-state index is -0.413. The minimum Gasteiger partial charge on any atom is -0.493 e. The summed E-state index contributed by atoms with van der Waals surface area (Å²) in [5.74, 6) is 1.12. The summed E-state index contributed by atoms with van der Waals surface area (Å²) in [5.41, 5.74) is 5.87. The third-order valence-corrected chi connectivity index (χ3v) is 6.22. The highest BCUT2D eigenvalue weighted by Gasteiger charge is 2.26. The van der Waals surface area contributed by atoms with Crippen LogP contribution in [-0.4, -0.2) is 27.3 Å². The van der Waals surface area contributed by atoms with E-state index in [2.05, 4.69) is 39.8 Å². The predicted molar refractivity (Wildman–Crippen MR) is 142 cm³/mol. The summed E-state index contributed by atoms with van der Waals surface area (Å²) >= 11 is 0. The Morgan fingerprint density at radius 1 is 1.00 bits per heavy atom. The van der Waals surface area contributed by atoms with Crippen molar-refractivity contribution >= 4 is 5.97 Å². The van der Waals surface area contributed by atoms with E-state index < -0.39 is 5.97 Å². The molecule has 1 aliphatic carbocycles. The Bertz CT molecular complexity index is 1030. The van der Waals surface area contributed by atoms with E-state index in [-0.39, 0.29) is 12.0 Å². The zero-order valence-corrected chi connectivity index (χ0v) is 22.5. The number of hydrogen-bond donors (Lipinski definition) is 0. The molecule has 1 aromatic carbocycles. The molecule has 0 bridgehead atoms. The van der Waals surface area contributed by atoms with Crippen LogP contribution >= 0.6 is 0 Å². The van der Waals surface area contributed by atoms with Gasteiger partial charge in [0.2, 0.25) is 5.75 Å². The van der Waals surface area contributed by atoms with Crippen molar-refractivity contribution in [2.75, 3.05) is 21.3 Å². The minimum absolute atomic E-state index is 0.0957. The fourth-order valence-corrected chi connectivity index (χ4v) is 4.28. The van der Waals surface area contributed by atoms with Crippen LogP contribution in [0.25, 0.3) is 0 Å². The molecule has 0 N–H and O–H groups in total. The summed E-state index contributed by atoms with van der Waals surface area (Å²) < 4.78 is 21.4. The summed E-state index contributed by atoms with van der Waals surface area (Å²) in [5, 5.41) is 0. The van der Waals surface area contributed by atoms with Gasteiger partial charge in [-0.25, -0.2) is 4.79 Å². The van der Waals surface area contributed by atoms with Gasteiger partial charge in [0.15, 0.2) is 11.5 Å². The molecule has 1 aliphatic rings. The van der Waals surface area contributed by atoms with Crippen molar-refractivity contribution in [2.45, 2.75) is 60.5 Å². The lowest BCUT2D eigenvalue weighted by Gasteiger charge is -2.32. The summed E-state index contributed by atoms with van der Waals surface area (Å²) in [6.45, 7) is 10.9. The van der Waals surface area contributed by atoms with E-state index >= 15 is 0 Å². The van der Waals surface area contributed by atoms with Crippen molar-refractivity contribution in [3.8, 4) is 17.2 Å². The highest BCUT2D eigenvalue weighted by Crippen LogP contribution is 2.41. The van der Waals surface area contributed by atoms with Crippen molar-refractivity contribution in [1.82, 2.24) is 0 Å². The van der Waals surface area contributed by atoms with Gasteiger partial charge >= 0.3 is 5.97 Å². The second-order valence-corrected chi connectivity index (χ2v) is 9.56. The Labute approximate surface area is 210 Å². The first-order valence-electron chi connectivity index (χ1n) is 12.0. The average Bonchev–Trinajstić information content (AvgIpc) is 2.81. The number of carbonyl (C=O) groups is 1. The van der Waals surface area contributed by atoms with Crippen LogP contribution in [0.4, 0.5) is 0 Å². The highest BCUT2D eigenvalue weighted by atomic mass is 16.5. The number of methoxy groups -OCH3 is 3. The molecule has 0 unspecified atom stereocenters. The van der Waals surface area contributed by atoms with Gasteiger partial charge in [-0.05, 0) is 74.3 Å². The maximum absolute atomic E-state index is 12.3. The van der Waals surface area contributed by atoms with Crippen LogP contribution in [0.1, 0.15) is 59.4 Å². The van der Waals surface area contributed by atoms with E-state index in [0.717, 1.165) is 16.7 Å². The molecule has 0 saturated carbocycles. The topological polar surface area (TPSA) is 54.0 Å². The van der Waals surface area contributed by atoms with Crippen LogP contribution in [0.3, 0.4) is 0 Å². The van der Waals surface area contributed by atoms with Gasteiger partial charge in [0.05, 0.1) is 21.3 Å². The van der Waals surface area contributed by atoms with E-state index in [4.69, 9.17) is 18.9 Å². The fraction of sp³-hybridized carbons (Fsp3) is 0.433. The largest absolute Gasteiger partial charge is 0.493 e. The van der Waals surface area contributed by atoms with Gasteiger partial charge in [0.1, 0.15) is 6.61 Å². The van der Waals surface area contributed by atoms with Gasteiger partial charge in [0.25, 0.3) is 0 Å². The molecule has 0 radical (unpaired) electrons. The summed E-state index contributed by atoms with van der Waals surface area (Å²) in [6.07, 6.45) is 15.5. The van der Waals surface area contributed by atoms with Crippen LogP contribution in [0, 0.1) is 5.41 Å². The lowest BCUT2D eigenvalue weighted by molar-refractivity contribution is -0.139. The van der Waals surface area contributed by atoms with Crippen LogP contribution in [0.15, 0.2) is 70.9 Å². The molecule has 190 valence electrons. The average molecular weight is 481 g/mol. The molecule has 1 aromatic rings. The number of esters is 1. The normalized spacial score (nSPS) is 16.7. The van der Waals surface area contributed by atoms with Gasteiger partial charge in [-0.3, -0.25) is 0 Å². The van der Waals surface area contributed by atoms with Gasteiger partial charge in [-0.1, -0.05) is 55.4 Å². The standard InChI is InChI=1S/C30H40O5/c1-21(14-15-25-23(3)13-10-16-30(25,4)5)11-9-12-22(2)17-28(31)35-20-24-18-26(32-6)29(34-8)27(19-24)33-7/h9,11-12,14-15,17-19H,10,13,16,20H2,1-8H3/b12-9+,15-14+,21-11+,22-17+. The first-order valence-corrected chi connectivity index (χ1v) is 12.0. The quantitative estimate of drug-likeness (QED) is 0.200. The lowest BCUT2D eigenvalue weighted by Crippen LogP contribution is -2.19. The molecule has 0 saturated heterocycles. The van der Waals surface area contributed by atoms with Gasteiger partial charge in [0, 0.05) is 6.08 Å². The number of rotatable bonds is 10. The lowest BCUT2D eigenvalue weighted by atomic mass is 9.72. The van der Waals surface area contributed by atoms with Crippen molar-refractivity contribution in [3.63, 3.8) is 0 Å². The van der Waals surface area contributed by atoms with Gasteiger partial charge in [-0.15, -0.1) is 0 Å². The third kappa shape index (κ3) is 8.20. The predicted octanol–water partition coefficient (Wildman–Crippen LogP) is 7.29. The maximum atomic E-state index is 12.3. The monoisotopic (exact) mass is 480 g/mol. The summed E-state index contributed by atoms with van der Waals surface area (Å²) in [4.78, 5) is 12.3. The van der Waals surface area contributed by atoms with Crippen LogP contribution in [0.2, 0.25) is 0 Å². The first-order chi connectivity index (χ1) is 16.6. The Kier molecular flexibility index (Phi) is 10.4. The fourth-order valence-electron chi connectivity index (χ4n) is 4.28. The molecule has 5 nitrogen and oxygen atoms in total. The first kappa shape index (κ1) is 28.0. The molecule has 5 heteroatoms. The molecular formula is C30H40O5. The second-order valence-electron chi connectivity index (χ2n) is 9.56. The van der Waals surface area contributed by atoms with Crippen molar-refractivity contribution < 1.29 is 23.7 Å². The van der Waals surface area contributed by atoms with E-state index in [9.17, 15) is 4.79 Å². The number of carbonyl (C=O) groups excluding carboxylic acids is 1. The number of allylic oxidation sites excluding steroid dienone is 9. The molecule has 0 fully saturated rings. The van der Waals surface area contributed by atoms with Crippen molar-refractivity contribution in [1.29, 1.82) is 0 Å². The molecule has 0 spiro atoms. The third-order valence-electron chi connectivity index (χ3n) is 6.22. The number of ether oxygens (including phenoxy) is 4. The second kappa shape index (κ2) is 13.0. The molecule has 35 heavy (non-hydrogen) atoms. The van der Waals surface area contributed by atoms with Crippen LogP contribution < -0.4 is 14.2 Å². The molecular weight excluding hydrogens is 440 g/mol. The number of benzene rings is 1. The molecule has 0 aromatic heterocycles. The van der Waals surface area contributed by atoms with Gasteiger partial charge < -0.3 is 18.9 Å².